The van der Waals surface area contributed by atoms with Crippen LogP contribution in [0.3, 0.4) is 0 Å². The van der Waals surface area contributed by atoms with Crippen LogP contribution in [0.4, 0.5) is 0 Å². The van der Waals surface area contributed by atoms with Crippen molar-refractivity contribution in [3.05, 3.63) is 0 Å². The molecule has 0 radical (unpaired) electrons. The second-order valence-corrected chi connectivity index (χ2v) is 8.21. The van der Waals surface area contributed by atoms with Crippen molar-refractivity contribution >= 4 is 86.7 Å². The molecule has 0 aromatic carbocycles. The Morgan fingerprint density at radius 2 is 1.23 bits per heavy atom. The summed E-state index contributed by atoms with van der Waals surface area (Å²) in [5, 5.41) is 0. The first-order valence-electron chi connectivity index (χ1n) is 4.06. The van der Waals surface area contributed by atoms with Gasteiger partial charge >= 0.3 is 98.1 Å². The summed E-state index contributed by atoms with van der Waals surface area (Å²) in [5.74, 6) is 0. The van der Waals surface area contributed by atoms with E-state index in [2.05, 4.69) is 45.7 Å². The normalized spacial score (nSPS) is 13.8. The van der Waals surface area contributed by atoms with Gasteiger partial charge in [0.15, 0.2) is 0 Å². The van der Waals surface area contributed by atoms with Crippen LogP contribution < -0.4 is 0 Å². The summed E-state index contributed by atoms with van der Waals surface area (Å²) in [6, 6.07) is 0. The SMILES string of the molecule is Br.Br.CCC(Br)C[Te]CC(Br)CC. The van der Waals surface area contributed by atoms with Crippen LogP contribution >= 0.6 is 65.8 Å². The van der Waals surface area contributed by atoms with Gasteiger partial charge < -0.3 is 0 Å². The maximum atomic E-state index is 3.67. The monoisotopic (exact) mass is 560 g/mol. The third kappa shape index (κ3) is 14.7. The second kappa shape index (κ2) is 14.7. The van der Waals surface area contributed by atoms with Crippen LogP contribution in [-0.4, -0.2) is 30.6 Å². The molecule has 84 valence electrons. The first kappa shape index (κ1) is 21.0. The summed E-state index contributed by atoms with van der Waals surface area (Å²) in [4.78, 5) is 1.59. The molecular weight excluding hydrogens is 543 g/mol. The van der Waals surface area contributed by atoms with E-state index in [9.17, 15) is 0 Å². The molecule has 0 aliphatic carbocycles. The van der Waals surface area contributed by atoms with E-state index in [0.717, 1.165) is 9.65 Å². The van der Waals surface area contributed by atoms with Crippen LogP contribution in [0, 0.1) is 0 Å². The van der Waals surface area contributed by atoms with Gasteiger partial charge in [0.05, 0.1) is 0 Å². The average Bonchev–Trinajstić information content (AvgIpc) is 2.04. The third-order valence-corrected chi connectivity index (χ3v) is 9.73. The predicted molar refractivity (Wildman–Crippen MR) is 82.0 cm³/mol. The van der Waals surface area contributed by atoms with E-state index in [1.807, 2.05) is 0 Å². The molecule has 0 heterocycles. The zero-order valence-electron chi connectivity index (χ0n) is 7.96. The van der Waals surface area contributed by atoms with Crippen molar-refractivity contribution < 1.29 is 0 Å². The number of alkyl halides is 2. The van der Waals surface area contributed by atoms with Crippen LogP contribution in [0.2, 0.25) is 8.94 Å². The minimum absolute atomic E-state index is 0. The van der Waals surface area contributed by atoms with E-state index in [1.54, 1.807) is 0 Å². The van der Waals surface area contributed by atoms with Crippen molar-refractivity contribution in [2.75, 3.05) is 0 Å². The molecule has 0 saturated heterocycles. The molecule has 5 heteroatoms. The summed E-state index contributed by atoms with van der Waals surface area (Å²) < 4.78 is 2.90. The Labute approximate surface area is 130 Å². The topological polar surface area (TPSA) is 0 Å². The van der Waals surface area contributed by atoms with Gasteiger partial charge in [0.2, 0.25) is 0 Å². The van der Waals surface area contributed by atoms with Crippen molar-refractivity contribution in [3.8, 4) is 0 Å². The summed E-state index contributed by atoms with van der Waals surface area (Å²) in [6.45, 7) is 4.50. The van der Waals surface area contributed by atoms with Crippen molar-refractivity contribution in [1.29, 1.82) is 0 Å². The van der Waals surface area contributed by atoms with E-state index in [0.29, 0.717) is 0 Å². The van der Waals surface area contributed by atoms with E-state index < -0.39 is 0 Å². The van der Waals surface area contributed by atoms with Crippen LogP contribution in [0.1, 0.15) is 26.7 Å². The van der Waals surface area contributed by atoms with E-state index in [-0.39, 0.29) is 54.9 Å². The molecule has 0 aromatic heterocycles. The Bertz CT molecular complexity index is 82.2. The van der Waals surface area contributed by atoms with E-state index in [1.165, 1.54) is 21.8 Å². The maximum absolute atomic E-state index is 3.67. The quantitative estimate of drug-likeness (QED) is 0.316. The Hall–Kier alpha value is 2.71. The molecule has 0 fully saturated rings. The molecule has 0 nitrogen and oxygen atoms in total. The zero-order chi connectivity index (χ0) is 8.69. The molecule has 0 saturated carbocycles. The standard InChI is InChI=1S/C8H16Br2Te.2BrH/c1-3-7(9)5-11-6-8(10)4-2;;/h7-8H,3-6H2,1-2H3;2*1H. The van der Waals surface area contributed by atoms with E-state index in [4.69, 9.17) is 0 Å². The molecule has 0 bridgehead atoms. The second-order valence-electron chi connectivity index (χ2n) is 2.55. The van der Waals surface area contributed by atoms with Gasteiger partial charge in [-0.25, -0.2) is 0 Å². The molecule has 0 aromatic rings. The number of halogens is 4. The van der Waals surface area contributed by atoms with Gasteiger partial charge in [0, 0.05) is 0 Å². The van der Waals surface area contributed by atoms with Crippen molar-refractivity contribution in [2.45, 2.75) is 45.3 Å². The van der Waals surface area contributed by atoms with Crippen LogP contribution in [0.5, 0.6) is 0 Å². The summed E-state index contributed by atoms with van der Waals surface area (Å²) in [7, 11) is 0. The summed E-state index contributed by atoms with van der Waals surface area (Å²) >= 11 is 7.61. The molecule has 13 heavy (non-hydrogen) atoms. The Kier molecular flexibility index (Phi) is 23.8. The van der Waals surface area contributed by atoms with Crippen molar-refractivity contribution in [1.82, 2.24) is 0 Å². The molecule has 0 N–H and O–H groups in total. The van der Waals surface area contributed by atoms with Gasteiger partial charge in [-0.3, -0.25) is 0 Å². The van der Waals surface area contributed by atoms with Gasteiger partial charge in [0.1, 0.15) is 0 Å². The van der Waals surface area contributed by atoms with Crippen molar-refractivity contribution in [3.63, 3.8) is 0 Å². The molecule has 0 spiro atoms. The van der Waals surface area contributed by atoms with Gasteiger partial charge in [-0.2, -0.15) is 0 Å². The summed E-state index contributed by atoms with van der Waals surface area (Å²) in [5.41, 5.74) is 0. The van der Waals surface area contributed by atoms with Crippen LogP contribution in [-0.2, 0) is 0 Å². The number of rotatable bonds is 6. The van der Waals surface area contributed by atoms with Crippen LogP contribution in [0.15, 0.2) is 0 Å². The molecule has 0 amide bonds. The fourth-order valence-corrected chi connectivity index (χ4v) is 6.26. The molecule has 2 atom stereocenters. The first-order valence-corrected chi connectivity index (χ1v) is 9.19. The number of hydrogen-bond acceptors (Lipinski definition) is 0. The third-order valence-electron chi connectivity index (χ3n) is 1.48. The Balaban J connectivity index is -0.000000500. The van der Waals surface area contributed by atoms with Crippen LogP contribution in [0.25, 0.3) is 0 Å². The molecular formula is C8H18Br4Te. The Morgan fingerprint density at radius 1 is 0.923 bits per heavy atom. The first-order chi connectivity index (χ1) is 5.20. The molecule has 0 aliphatic rings. The van der Waals surface area contributed by atoms with Crippen molar-refractivity contribution in [2.24, 2.45) is 0 Å². The zero-order valence-corrected chi connectivity index (χ0v) is 16.9. The average molecular weight is 561 g/mol. The predicted octanol–water partition coefficient (Wildman–Crippen LogP) is 5.03. The minimum atomic E-state index is 0. The molecule has 0 aliphatic heterocycles. The van der Waals surface area contributed by atoms with Gasteiger partial charge in [0.25, 0.3) is 0 Å². The fourth-order valence-electron chi connectivity index (χ4n) is 0.559. The molecule has 2 unspecified atom stereocenters. The summed E-state index contributed by atoms with van der Waals surface area (Å²) in [6.07, 6.45) is 2.56. The fraction of sp³-hybridized carbons (Fsp3) is 1.00. The van der Waals surface area contributed by atoms with Gasteiger partial charge in [-0.05, 0) is 0 Å². The molecule has 0 rings (SSSR count). The van der Waals surface area contributed by atoms with Gasteiger partial charge in [-0.1, -0.05) is 0 Å². The number of hydrogen-bond donors (Lipinski definition) is 0. The van der Waals surface area contributed by atoms with Gasteiger partial charge in [-0.15, -0.1) is 34.0 Å². The van der Waals surface area contributed by atoms with E-state index >= 15 is 0 Å². The Morgan fingerprint density at radius 3 is 1.46 bits per heavy atom.